The molecule has 2 aromatic rings. The van der Waals surface area contributed by atoms with Crippen LogP contribution in [0.4, 0.5) is 4.39 Å². The van der Waals surface area contributed by atoms with Crippen LogP contribution in [0.3, 0.4) is 0 Å². The molecule has 4 nitrogen and oxygen atoms in total. The van der Waals surface area contributed by atoms with Crippen LogP contribution in [0.1, 0.15) is 23.1 Å². The first-order valence-corrected chi connectivity index (χ1v) is 8.97. The number of halogens is 4. The summed E-state index contributed by atoms with van der Waals surface area (Å²) < 4.78 is 14.4. The minimum atomic E-state index is -0.787. The van der Waals surface area contributed by atoms with Crippen molar-refractivity contribution < 1.29 is 9.18 Å². The number of likely N-dealkylation sites (N-methyl/N-ethyl adjacent to an activating group) is 1. The number of nitrogens with zero attached hydrogens (tertiary/aromatic N) is 2. The van der Waals surface area contributed by atoms with Crippen LogP contribution in [0.2, 0.25) is 5.02 Å². The number of likely N-dealkylation sites (tertiary alicyclic amines) is 1. The fourth-order valence-electron chi connectivity index (χ4n) is 3.61. The van der Waals surface area contributed by atoms with E-state index in [1.54, 1.807) is 30.0 Å². The molecule has 1 heterocycles. The molecule has 0 aliphatic carbocycles. The molecule has 0 saturated carbocycles. The van der Waals surface area contributed by atoms with Gasteiger partial charge in [0, 0.05) is 35.6 Å². The first-order chi connectivity index (χ1) is 12.4. The maximum atomic E-state index is 14.4. The Morgan fingerprint density at radius 1 is 1.14 bits per heavy atom. The predicted molar refractivity (Wildman–Crippen MR) is 116 cm³/mol. The lowest BCUT2D eigenvalue weighted by molar-refractivity contribution is -0.135. The first kappa shape index (κ1) is 24.7. The van der Waals surface area contributed by atoms with Gasteiger partial charge in [0.15, 0.2) is 0 Å². The molecule has 2 aromatic carbocycles. The van der Waals surface area contributed by atoms with E-state index in [4.69, 9.17) is 17.3 Å². The highest BCUT2D eigenvalue weighted by Gasteiger charge is 2.39. The molecule has 0 radical (unpaired) electrons. The highest BCUT2D eigenvalue weighted by atomic mass is 35.5. The largest absolute Gasteiger partial charge is 0.339 e. The molecule has 1 unspecified atom stereocenters. The number of carbonyl (C=O) groups is 1. The van der Waals surface area contributed by atoms with Crippen molar-refractivity contribution in [2.24, 2.45) is 5.73 Å². The molecule has 1 amide bonds. The van der Waals surface area contributed by atoms with E-state index in [-0.39, 0.29) is 53.3 Å². The zero-order valence-electron chi connectivity index (χ0n) is 15.7. The Bertz CT molecular complexity index is 771. The summed E-state index contributed by atoms with van der Waals surface area (Å²) in [5, 5.41) is 0.250. The third-order valence-electron chi connectivity index (χ3n) is 4.93. The Morgan fingerprint density at radius 3 is 2.36 bits per heavy atom. The summed E-state index contributed by atoms with van der Waals surface area (Å²) in [5.74, 6) is -0.595. The number of benzene rings is 2. The molecule has 0 aromatic heterocycles. The van der Waals surface area contributed by atoms with Gasteiger partial charge in [0.25, 0.3) is 0 Å². The lowest BCUT2D eigenvalue weighted by Crippen LogP contribution is -2.41. The molecule has 154 valence electrons. The normalized spacial score (nSPS) is 19.7. The van der Waals surface area contributed by atoms with E-state index in [1.165, 1.54) is 12.1 Å². The second kappa shape index (κ2) is 10.4. The smallest absolute Gasteiger partial charge is 0.244 e. The van der Waals surface area contributed by atoms with Gasteiger partial charge in [-0.15, -0.1) is 24.8 Å². The van der Waals surface area contributed by atoms with E-state index in [0.717, 1.165) is 5.56 Å². The van der Waals surface area contributed by atoms with E-state index in [1.807, 2.05) is 30.3 Å². The lowest BCUT2D eigenvalue weighted by atomic mass is 9.95. The summed E-state index contributed by atoms with van der Waals surface area (Å²) >= 11 is 6.21. The molecule has 2 N–H and O–H groups in total. The van der Waals surface area contributed by atoms with Crippen molar-refractivity contribution in [2.45, 2.75) is 18.0 Å². The second-order valence-electron chi connectivity index (χ2n) is 6.93. The van der Waals surface area contributed by atoms with Crippen molar-refractivity contribution >= 4 is 42.3 Å². The van der Waals surface area contributed by atoms with Gasteiger partial charge in [-0.05, 0) is 31.8 Å². The van der Waals surface area contributed by atoms with Crippen LogP contribution in [-0.2, 0) is 4.79 Å². The molecule has 28 heavy (non-hydrogen) atoms. The van der Waals surface area contributed by atoms with Crippen LogP contribution in [-0.4, -0.2) is 48.9 Å². The Morgan fingerprint density at radius 2 is 1.79 bits per heavy atom. The van der Waals surface area contributed by atoms with Crippen LogP contribution >= 0.6 is 36.4 Å². The molecular formula is C20H25Cl3FN3O. The van der Waals surface area contributed by atoms with Gasteiger partial charge >= 0.3 is 0 Å². The van der Waals surface area contributed by atoms with Crippen molar-refractivity contribution in [3.8, 4) is 0 Å². The van der Waals surface area contributed by atoms with Crippen molar-refractivity contribution in [3.05, 3.63) is 70.5 Å². The van der Waals surface area contributed by atoms with Crippen LogP contribution in [0, 0.1) is 5.82 Å². The number of hydrogen-bond acceptors (Lipinski definition) is 3. The predicted octanol–water partition coefficient (Wildman–Crippen LogP) is 3.88. The first-order valence-electron chi connectivity index (χ1n) is 8.59. The highest BCUT2D eigenvalue weighted by molar-refractivity contribution is 6.31. The molecule has 8 heteroatoms. The maximum Gasteiger partial charge on any atom is 0.244 e. The second-order valence-corrected chi connectivity index (χ2v) is 7.33. The quantitative estimate of drug-likeness (QED) is 0.772. The Kier molecular flexibility index (Phi) is 9.18. The molecule has 1 fully saturated rings. The van der Waals surface area contributed by atoms with E-state index in [9.17, 15) is 9.18 Å². The Labute approximate surface area is 182 Å². The lowest BCUT2D eigenvalue weighted by Gasteiger charge is -2.29. The summed E-state index contributed by atoms with van der Waals surface area (Å²) in [6, 6.07) is 13.5. The number of amides is 1. The average Bonchev–Trinajstić information content (AvgIpc) is 3.00. The molecule has 1 saturated heterocycles. The van der Waals surface area contributed by atoms with Gasteiger partial charge in [-0.3, -0.25) is 9.69 Å². The maximum absolute atomic E-state index is 14.4. The molecule has 1 aliphatic rings. The zero-order chi connectivity index (χ0) is 18.8. The summed E-state index contributed by atoms with van der Waals surface area (Å²) in [6.07, 6.45) is 0. The zero-order valence-corrected chi connectivity index (χ0v) is 18.1. The van der Waals surface area contributed by atoms with Crippen LogP contribution < -0.4 is 5.73 Å². The summed E-state index contributed by atoms with van der Waals surface area (Å²) in [4.78, 5) is 16.6. The van der Waals surface area contributed by atoms with Gasteiger partial charge in [0.2, 0.25) is 5.91 Å². The minimum Gasteiger partial charge on any atom is -0.339 e. The standard InChI is InChI=1S/C20H23ClFN3O.2ClH/c1-24(2)19(18-15(21)9-6-10-16(18)22)20(26)25-11-14(17(23)12-25)13-7-4-3-5-8-13;;/h3-10,14,17,19H,11-12,23H2,1-2H3;2*1H/t14-,17+,19?;;/m0../s1. The molecule has 0 spiro atoms. The third kappa shape index (κ3) is 4.97. The summed E-state index contributed by atoms with van der Waals surface area (Å²) in [6.45, 7) is 0.954. The fraction of sp³-hybridized carbons (Fsp3) is 0.350. The van der Waals surface area contributed by atoms with Gasteiger partial charge in [-0.2, -0.15) is 0 Å². The molecule has 0 bridgehead atoms. The van der Waals surface area contributed by atoms with Crippen molar-refractivity contribution in [1.82, 2.24) is 9.80 Å². The monoisotopic (exact) mass is 447 g/mol. The van der Waals surface area contributed by atoms with Gasteiger partial charge in [-0.1, -0.05) is 48.0 Å². The van der Waals surface area contributed by atoms with Crippen LogP contribution in [0.5, 0.6) is 0 Å². The van der Waals surface area contributed by atoms with Gasteiger partial charge in [-0.25, -0.2) is 4.39 Å². The topological polar surface area (TPSA) is 49.6 Å². The highest BCUT2D eigenvalue weighted by Crippen LogP contribution is 2.33. The molecule has 3 atom stereocenters. The van der Waals surface area contributed by atoms with Gasteiger partial charge in [0.05, 0.1) is 0 Å². The van der Waals surface area contributed by atoms with Crippen LogP contribution in [0.25, 0.3) is 0 Å². The Hall–Kier alpha value is -1.37. The number of hydrogen-bond donors (Lipinski definition) is 1. The summed E-state index contributed by atoms with van der Waals surface area (Å²) in [7, 11) is 3.49. The number of carbonyl (C=O) groups excluding carboxylic acids is 1. The van der Waals surface area contributed by atoms with Crippen molar-refractivity contribution in [3.63, 3.8) is 0 Å². The SMILES string of the molecule is CN(C)C(C(=O)N1C[C@@H](N)[C@H](c2ccccc2)C1)c1c(F)cccc1Cl.Cl.Cl. The molecule has 1 aliphatic heterocycles. The number of nitrogens with two attached hydrogens (primary N) is 1. The van der Waals surface area contributed by atoms with E-state index in [0.29, 0.717) is 13.1 Å². The van der Waals surface area contributed by atoms with Gasteiger partial charge in [0.1, 0.15) is 11.9 Å². The van der Waals surface area contributed by atoms with Gasteiger partial charge < -0.3 is 10.6 Å². The summed E-state index contributed by atoms with van der Waals surface area (Å²) in [5.41, 5.74) is 7.63. The average molecular weight is 449 g/mol. The Balaban J connectivity index is 0.00000196. The molecular weight excluding hydrogens is 424 g/mol. The van der Waals surface area contributed by atoms with Crippen LogP contribution in [0.15, 0.2) is 48.5 Å². The van der Waals surface area contributed by atoms with E-state index >= 15 is 0 Å². The van der Waals surface area contributed by atoms with Crippen molar-refractivity contribution in [2.75, 3.05) is 27.2 Å². The fourth-order valence-corrected chi connectivity index (χ4v) is 3.88. The van der Waals surface area contributed by atoms with E-state index in [2.05, 4.69) is 0 Å². The van der Waals surface area contributed by atoms with Crippen molar-refractivity contribution in [1.29, 1.82) is 0 Å². The third-order valence-corrected chi connectivity index (χ3v) is 5.26. The minimum absolute atomic E-state index is 0. The molecule has 3 rings (SSSR count). The van der Waals surface area contributed by atoms with E-state index < -0.39 is 11.9 Å². The number of rotatable bonds is 4.